The Bertz CT molecular complexity index is 747. The number of para-hydroxylation sites is 1. The molecule has 0 saturated carbocycles. The predicted molar refractivity (Wildman–Crippen MR) is 101 cm³/mol. The number of hydrogen-bond acceptors (Lipinski definition) is 6. The average molecular weight is 371 g/mol. The van der Waals surface area contributed by atoms with E-state index in [0.29, 0.717) is 25.4 Å². The molecular formula is C20H25N3O4. The third-order valence-corrected chi connectivity index (χ3v) is 4.98. The second kappa shape index (κ2) is 8.33. The SMILES string of the molecule is CCOC(=O)C1CCCN(C(=O)C2=NN(c3ccccc3)C(C(C)=O)C2)C1. The van der Waals surface area contributed by atoms with Crippen LogP contribution in [0.2, 0.25) is 0 Å². The zero-order valence-electron chi connectivity index (χ0n) is 15.8. The molecule has 0 bridgehead atoms. The molecule has 1 saturated heterocycles. The summed E-state index contributed by atoms with van der Waals surface area (Å²) in [4.78, 5) is 38.7. The fraction of sp³-hybridized carbons (Fsp3) is 0.500. The van der Waals surface area contributed by atoms with Crippen molar-refractivity contribution in [3.05, 3.63) is 30.3 Å². The highest BCUT2D eigenvalue weighted by atomic mass is 16.5. The van der Waals surface area contributed by atoms with Crippen molar-refractivity contribution in [2.45, 2.75) is 39.2 Å². The van der Waals surface area contributed by atoms with Crippen LogP contribution >= 0.6 is 0 Å². The molecule has 1 aromatic carbocycles. The minimum atomic E-state index is -0.475. The molecule has 0 N–H and O–H groups in total. The minimum absolute atomic E-state index is 0.0338. The van der Waals surface area contributed by atoms with E-state index < -0.39 is 6.04 Å². The highest BCUT2D eigenvalue weighted by Crippen LogP contribution is 2.26. The molecule has 7 nitrogen and oxygen atoms in total. The number of esters is 1. The Kier molecular flexibility index (Phi) is 5.88. The lowest BCUT2D eigenvalue weighted by atomic mass is 9.97. The van der Waals surface area contributed by atoms with Gasteiger partial charge in [0.1, 0.15) is 11.8 Å². The van der Waals surface area contributed by atoms with E-state index >= 15 is 0 Å². The summed E-state index contributed by atoms with van der Waals surface area (Å²) in [7, 11) is 0. The Labute approximate surface area is 159 Å². The monoisotopic (exact) mass is 371 g/mol. The Hall–Kier alpha value is -2.70. The molecule has 2 aliphatic heterocycles. The lowest BCUT2D eigenvalue weighted by molar-refractivity contribution is -0.150. The molecule has 2 unspecified atom stereocenters. The van der Waals surface area contributed by atoms with Crippen molar-refractivity contribution < 1.29 is 19.1 Å². The number of anilines is 1. The number of carbonyl (C=O) groups is 3. The molecule has 1 amide bonds. The van der Waals surface area contributed by atoms with Crippen LogP contribution in [0.15, 0.2) is 35.4 Å². The Morgan fingerprint density at radius 2 is 1.96 bits per heavy atom. The molecule has 3 rings (SSSR count). The summed E-state index contributed by atoms with van der Waals surface area (Å²) >= 11 is 0. The van der Waals surface area contributed by atoms with Gasteiger partial charge >= 0.3 is 5.97 Å². The lowest BCUT2D eigenvalue weighted by Crippen LogP contribution is -2.45. The molecule has 144 valence electrons. The van der Waals surface area contributed by atoms with Crippen LogP contribution in [0.3, 0.4) is 0 Å². The van der Waals surface area contributed by atoms with Crippen LogP contribution in [0.25, 0.3) is 0 Å². The van der Waals surface area contributed by atoms with Crippen LogP contribution in [0.1, 0.15) is 33.1 Å². The van der Waals surface area contributed by atoms with E-state index in [1.54, 1.807) is 16.8 Å². The molecule has 1 aromatic rings. The number of hydrogen-bond donors (Lipinski definition) is 0. The topological polar surface area (TPSA) is 79.3 Å². The van der Waals surface area contributed by atoms with E-state index in [2.05, 4.69) is 5.10 Å². The number of piperidine rings is 1. The van der Waals surface area contributed by atoms with Crippen LogP contribution < -0.4 is 5.01 Å². The highest BCUT2D eigenvalue weighted by molar-refractivity contribution is 6.40. The van der Waals surface area contributed by atoms with Gasteiger partial charge in [-0.15, -0.1) is 0 Å². The maximum absolute atomic E-state index is 13.0. The van der Waals surface area contributed by atoms with Crippen molar-refractivity contribution in [3.63, 3.8) is 0 Å². The van der Waals surface area contributed by atoms with Gasteiger partial charge in [0.15, 0.2) is 5.78 Å². The van der Waals surface area contributed by atoms with Gasteiger partial charge in [-0.3, -0.25) is 19.4 Å². The van der Waals surface area contributed by atoms with Crippen molar-refractivity contribution in [3.8, 4) is 0 Å². The molecule has 1 fully saturated rings. The third kappa shape index (κ3) is 4.18. The van der Waals surface area contributed by atoms with Gasteiger partial charge in [0, 0.05) is 19.5 Å². The molecule has 2 atom stereocenters. The van der Waals surface area contributed by atoms with E-state index in [0.717, 1.165) is 18.5 Å². The summed E-state index contributed by atoms with van der Waals surface area (Å²) in [5.74, 6) is -0.781. The van der Waals surface area contributed by atoms with Gasteiger partial charge < -0.3 is 9.64 Å². The van der Waals surface area contributed by atoms with Crippen LogP contribution in [0, 0.1) is 5.92 Å². The number of carbonyl (C=O) groups excluding carboxylic acids is 3. The van der Waals surface area contributed by atoms with E-state index in [1.165, 1.54) is 6.92 Å². The van der Waals surface area contributed by atoms with Crippen molar-refractivity contribution >= 4 is 29.1 Å². The fourth-order valence-electron chi connectivity index (χ4n) is 3.57. The number of benzene rings is 1. The first-order valence-corrected chi connectivity index (χ1v) is 9.39. The Morgan fingerprint density at radius 1 is 1.22 bits per heavy atom. The zero-order chi connectivity index (χ0) is 19.4. The molecule has 2 heterocycles. The molecule has 7 heteroatoms. The summed E-state index contributed by atoms with van der Waals surface area (Å²) in [6.45, 7) is 4.55. The van der Waals surface area contributed by atoms with Gasteiger partial charge in [-0.05, 0) is 38.8 Å². The second-order valence-corrected chi connectivity index (χ2v) is 6.90. The summed E-state index contributed by atoms with van der Waals surface area (Å²) < 4.78 is 5.10. The molecular weight excluding hydrogens is 346 g/mol. The predicted octanol–water partition coefficient (Wildman–Crippen LogP) is 2.01. The van der Waals surface area contributed by atoms with Crippen molar-refractivity contribution in [2.24, 2.45) is 11.0 Å². The lowest BCUT2D eigenvalue weighted by Gasteiger charge is -2.31. The number of Topliss-reactive ketones (excluding diaryl/α,β-unsaturated/α-hetero) is 1. The fourth-order valence-corrected chi connectivity index (χ4v) is 3.57. The average Bonchev–Trinajstić information content (AvgIpc) is 3.14. The van der Waals surface area contributed by atoms with Gasteiger partial charge in [-0.2, -0.15) is 5.10 Å². The highest BCUT2D eigenvalue weighted by Gasteiger charge is 2.37. The number of ether oxygens (including phenoxy) is 1. The van der Waals surface area contributed by atoms with E-state index in [9.17, 15) is 14.4 Å². The molecule has 0 aliphatic carbocycles. The molecule has 2 aliphatic rings. The number of ketones is 1. The van der Waals surface area contributed by atoms with Crippen LogP contribution in [-0.2, 0) is 19.1 Å². The number of amides is 1. The molecule has 0 aromatic heterocycles. The summed E-state index contributed by atoms with van der Waals surface area (Å²) in [6.07, 6.45) is 1.76. The van der Waals surface area contributed by atoms with Gasteiger partial charge in [0.2, 0.25) is 0 Å². The molecule has 27 heavy (non-hydrogen) atoms. The Morgan fingerprint density at radius 3 is 2.63 bits per heavy atom. The minimum Gasteiger partial charge on any atom is -0.466 e. The first kappa shape index (κ1) is 19.1. The molecule has 0 radical (unpaired) electrons. The maximum atomic E-state index is 13.0. The van der Waals surface area contributed by atoms with E-state index in [4.69, 9.17) is 4.74 Å². The standard InChI is InChI=1S/C20H25N3O4/c1-3-27-20(26)15-8-7-11-22(13-15)19(25)17-12-18(14(2)24)23(21-17)16-9-5-4-6-10-16/h4-6,9-10,15,18H,3,7-8,11-13H2,1-2H3. The molecule has 0 spiro atoms. The summed E-state index contributed by atoms with van der Waals surface area (Å²) in [5.41, 5.74) is 1.15. The van der Waals surface area contributed by atoms with Crippen molar-refractivity contribution in [2.75, 3.05) is 24.7 Å². The van der Waals surface area contributed by atoms with Crippen molar-refractivity contribution in [1.82, 2.24) is 4.90 Å². The van der Waals surface area contributed by atoms with Gasteiger partial charge in [-0.1, -0.05) is 18.2 Å². The maximum Gasteiger partial charge on any atom is 0.310 e. The first-order chi connectivity index (χ1) is 13.0. The van der Waals surface area contributed by atoms with Crippen LogP contribution in [0.5, 0.6) is 0 Å². The smallest absolute Gasteiger partial charge is 0.310 e. The van der Waals surface area contributed by atoms with E-state index in [1.807, 2.05) is 30.3 Å². The van der Waals surface area contributed by atoms with Gasteiger partial charge in [-0.25, -0.2) is 0 Å². The number of nitrogens with zero attached hydrogens (tertiary/aromatic N) is 3. The zero-order valence-corrected chi connectivity index (χ0v) is 15.8. The summed E-state index contributed by atoms with van der Waals surface area (Å²) in [5, 5.41) is 6.09. The third-order valence-electron chi connectivity index (χ3n) is 4.98. The Balaban J connectivity index is 1.76. The second-order valence-electron chi connectivity index (χ2n) is 6.90. The van der Waals surface area contributed by atoms with Crippen LogP contribution in [-0.4, -0.2) is 54.0 Å². The number of hydrazone groups is 1. The quantitative estimate of drug-likeness (QED) is 0.740. The number of likely N-dealkylation sites (tertiary alicyclic amines) is 1. The number of rotatable bonds is 5. The van der Waals surface area contributed by atoms with E-state index in [-0.39, 0.29) is 30.0 Å². The van der Waals surface area contributed by atoms with Gasteiger partial charge in [0.25, 0.3) is 5.91 Å². The first-order valence-electron chi connectivity index (χ1n) is 9.39. The normalized spacial score (nSPS) is 22.4. The largest absolute Gasteiger partial charge is 0.466 e. The van der Waals surface area contributed by atoms with Crippen molar-refractivity contribution in [1.29, 1.82) is 0 Å². The summed E-state index contributed by atoms with van der Waals surface area (Å²) in [6, 6.07) is 8.89. The van der Waals surface area contributed by atoms with Gasteiger partial charge in [0.05, 0.1) is 18.2 Å². The van der Waals surface area contributed by atoms with Crippen LogP contribution in [0.4, 0.5) is 5.69 Å².